The van der Waals surface area contributed by atoms with Crippen LogP contribution in [-0.2, 0) is 6.54 Å². The molecule has 0 spiro atoms. The van der Waals surface area contributed by atoms with E-state index in [9.17, 15) is 0 Å². The van der Waals surface area contributed by atoms with Gasteiger partial charge in [-0.15, -0.1) is 11.3 Å². The van der Waals surface area contributed by atoms with Gasteiger partial charge in [0.1, 0.15) is 0 Å². The Bertz CT molecular complexity index is 295. The molecule has 0 radical (unpaired) electrons. The van der Waals surface area contributed by atoms with E-state index in [0.29, 0.717) is 6.04 Å². The highest BCUT2D eigenvalue weighted by molar-refractivity contribution is 7.10. The molecule has 0 saturated heterocycles. The SMILES string of the molecule is CC1CCCC1NCc1sccc1N. The lowest BCUT2D eigenvalue weighted by Gasteiger charge is -2.16. The van der Waals surface area contributed by atoms with Gasteiger partial charge in [0, 0.05) is 23.2 Å². The van der Waals surface area contributed by atoms with E-state index < -0.39 is 0 Å². The third-order valence-electron chi connectivity index (χ3n) is 3.17. The smallest absolute Gasteiger partial charge is 0.0468 e. The molecule has 1 saturated carbocycles. The monoisotopic (exact) mass is 210 g/mol. The highest BCUT2D eigenvalue weighted by Gasteiger charge is 2.22. The summed E-state index contributed by atoms with van der Waals surface area (Å²) in [5.74, 6) is 0.830. The average molecular weight is 210 g/mol. The molecule has 0 bridgehead atoms. The van der Waals surface area contributed by atoms with Crippen LogP contribution in [0, 0.1) is 5.92 Å². The molecule has 1 aliphatic rings. The van der Waals surface area contributed by atoms with Gasteiger partial charge < -0.3 is 11.1 Å². The molecule has 2 unspecified atom stereocenters. The first-order chi connectivity index (χ1) is 6.77. The first-order valence-electron chi connectivity index (χ1n) is 5.32. The quantitative estimate of drug-likeness (QED) is 0.805. The molecule has 0 aromatic carbocycles. The van der Waals surface area contributed by atoms with Crippen LogP contribution in [0.2, 0.25) is 0 Å². The molecule has 1 aromatic rings. The van der Waals surface area contributed by atoms with Gasteiger partial charge in [-0.05, 0) is 30.2 Å². The van der Waals surface area contributed by atoms with E-state index in [1.54, 1.807) is 11.3 Å². The van der Waals surface area contributed by atoms with Crippen LogP contribution in [0.3, 0.4) is 0 Å². The number of hydrogen-bond acceptors (Lipinski definition) is 3. The van der Waals surface area contributed by atoms with Crippen LogP contribution in [0.4, 0.5) is 5.69 Å². The number of thiophene rings is 1. The van der Waals surface area contributed by atoms with Crippen molar-refractivity contribution in [2.24, 2.45) is 5.92 Å². The Morgan fingerprint density at radius 2 is 2.43 bits per heavy atom. The van der Waals surface area contributed by atoms with Gasteiger partial charge in [0.15, 0.2) is 0 Å². The van der Waals surface area contributed by atoms with Crippen LogP contribution in [0.25, 0.3) is 0 Å². The molecule has 78 valence electrons. The molecule has 1 heterocycles. The van der Waals surface area contributed by atoms with Crippen LogP contribution in [-0.4, -0.2) is 6.04 Å². The minimum atomic E-state index is 0.705. The van der Waals surface area contributed by atoms with Crippen molar-refractivity contribution < 1.29 is 0 Å². The van der Waals surface area contributed by atoms with Gasteiger partial charge in [-0.2, -0.15) is 0 Å². The number of rotatable bonds is 3. The van der Waals surface area contributed by atoms with E-state index in [2.05, 4.69) is 17.6 Å². The first-order valence-corrected chi connectivity index (χ1v) is 6.20. The third-order valence-corrected chi connectivity index (χ3v) is 4.10. The number of nitrogens with two attached hydrogens (primary N) is 1. The maximum absolute atomic E-state index is 5.83. The zero-order chi connectivity index (χ0) is 9.97. The Hall–Kier alpha value is -0.540. The second-order valence-corrected chi connectivity index (χ2v) is 5.20. The zero-order valence-corrected chi connectivity index (χ0v) is 9.44. The van der Waals surface area contributed by atoms with Crippen molar-refractivity contribution in [3.8, 4) is 0 Å². The van der Waals surface area contributed by atoms with Crippen LogP contribution in [0.5, 0.6) is 0 Å². The second-order valence-electron chi connectivity index (χ2n) is 4.19. The summed E-state index contributed by atoms with van der Waals surface area (Å²) in [6.07, 6.45) is 4.07. The molecule has 2 nitrogen and oxygen atoms in total. The van der Waals surface area contributed by atoms with Gasteiger partial charge >= 0.3 is 0 Å². The normalized spacial score (nSPS) is 26.9. The standard InChI is InChI=1S/C11H18N2S/c1-8-3-2-4-10(8)13-7-11-9(12)5-6-14-11/h5-6,8,10,13H,2-4,7,12H2,1H3. The van der Waals surface area contributed by atoms with E-state index in [1.165, 1.54) is 24.1 Å². The minimum Gasteiger partial charge on any atom is -0.398 e. The van der Waals surface area contributed by atoms with Gasteiger partial charge in [-0.1, -0.05) is 13.3 Å². The lowest BCUT2D eigenvalue weighted by Crippen LogP contribution is -2.30. The molecule has 0 amide bonds. The Balaban J connectivity index is 1.85. The highest BCUT2D eigenvalue weighted by Crippen LogP contribution is 2.26. The van der Waals surface area contributed by atoms with Crippen molar-refractivity contribution in [2.45, 2.75) is 38.8 Å². The molecule has 3 heteroatoms. The van der Waals surface area contributed by atoms with E-state index in [1.807, 2.05) is 6.07 Å². The fourth-order valence-electron chi connectivity index (χ4n) is 2.17. The maximum atomic E-state index is 5.83. The van der Waals surface area contributed by atoms with Crippen molar-refractivity contribution >= 4 is 17.0 Å². The van der Waals surface area contributed by atoms with Crippen molar-refractivity contribution in [1.82, 2.24) is 5.32 Å². The molecule has 1 fully saturated rings. The lowest BCUT2D eigenvalue weighted by atomic mass is 10.1. The van der Waals surface area contributed by atoms with Gasteiger partial charge in [0.05, 0.1) is 0 Å². The van der Waals surface area contributed by atoms with Gasteiger partial charge in [-0.3, -0.25) is 0 Å². The second kappa shape index (κ2) is 4.32. The summed E-state index contributed by atoms with van der Waals surface area (Å²) in [6, 6.07) is 2.69. The Morgan fingerprint density at radius 3 is 3.00 bits per heavy atom. The fraction of sp³-hybridized carbons (Fsp3) is 0.636. The number of hydrogen-bond donors (Lipinski definition) is 2. The highest BCUT2D eigenvalue weighted by atomic mass is 32.1. The summed E-state index contributed by atoms with van der Waals surface area (Å²) in [6.45, 7) is 3.28. The third kappa shape index (κ3) is 2.10. The predicted molar refractivity (Wildman–Crippen MR) is 62.4 cm³/mol. The van der Waals surface area contributed by atoms with E-state index >= 15 is 0 Å². The Kier molecular flexibility index (Phi) is 3.08. The summed E-state index contributed by atoms with van der Waals surface area (Å²) < 4.78 is 0. The lowest BCUT2D eigenvalue weighted by molar-refractivity contribution is 0.428. The van der Waals surface area contributed by atoms with Crippen LogP contribution < -0.4 is 11.1 Å². The maximum Gasteiger partial charge on any atom is 0.0468 e. The Labute approximate surface area is 89.5 Å². The average Bonchev–Trinajstić information content (AvgIpc) is 2.72. The zero-order valence-electron chi connectivity index (χ0n) is 8.62. The van der Waals surface area contributed by atoms with Gasteiger partial charge in [0.2, 0.25) is 0 Å². The van der Waals surface area contributed by atoms with Crippen molar-refractivity contribution in [1.29, 1.82) is 0 Å². The van der Waals surface area contributed by atoms with Crippen molar-refractivity contribution in [3.05, 3.63) is 16.3 Å². The number of nitrogen functional groups attached to an aromatic ring is 1. The number of nitrogens with one attached hydrogen (secondary N) is 1. The van der Waals surface area contributed by atoms with Gasteiger partial charge in [0.25, 0.3) is 0 Å². The Morgan fingerprint density at radius 1 is 1.57 bits per heavy atom. The molecule has 1 aliphatic carbocycles. The first kappa shape index (κ1) is 9.99. The molecule has 2 rings (SSSR count). The van der Waals surface area contributed by atoms with Crippen LogP contribution in [0.15, 0.2) is 11.4 Å². The van der Waals surface area contributed by atoms with E-state index in [4.69, 9.17) is 5.73 Å². The summed E-state index contributed by atoms with van der Waals surface area (Å²) >= 11 is 1.75. The molecule has 14 heavy (non-hydrogen) atoms. The summed E-state index contributed by atoms with van der Waals surface area (Å²) in [5, 5.41) is 5.66. The molecular formula is C11H18N2S. The van der Waals surface area contributed by atoms with Crippen molar-refractivity contribution in [2.75, 3.05) is 5.73 Å². The topological polar surface area (TPSA) is 38.0 Å². The largest absolute Gasteiger partial charge is 0.398 e. The predicted octanol–water partition coefficient (Wildman–Crippen LogP) is 2.61. The molecule has 0 aliphatic heterocycles. The van der Waals surface area contributed by atoms with E-state index in [-0.39, 0.29) is 0 Å². The molecule has 3 N–H and O–H groups in total. The molecule has 1 aromatic heterocycles. The van der Waals surface area contributed by atoms with Crippen LogP contribution in [0.1, 0.15) is 31.1 Å². The summed E-state index contributed by atoms with van der Waals surface area (Å²) in [4.78, 5) is 1.28. The van der Waals surface area contributed by atoms with E-state index in [0.717, 1.165) is 18.2 Å². The van der Waals surface area contributed by atoms with Crippen molar-refractivity contribution in [3.63, 3.8) is 0 Å². The summed E-state index contributed by atoms with van der Waals surface area (Å²) in [5.41, 5.74) is 6.77. The number of anilines is 1. The minimum absolute atomic E-state index is 0.705. The molecule has 2 atom stereocenters. The molecular weight excluding hydrogens is 192 g/mol. The summed E-state index contributed by atoms with van der Waals surface area (Å²) in [7, 11) is 0. The van der Waals surface area contributed by atoms with Gasteiger partial charge in [-0.25, -0.2) is 0 Å². The van der Waals surface area contributed by atoms with Crippen LogP contribution >= 0.6 is 11.3 Å². The fourth-order valence-corrected chi connectivity index (χ4v) is 2.92.